The number of carbonyl (C=O) groups excluding carboxylic acids is 1. The number of nitrogens with one attached hydrogen (secondary N) is 1. The van der Waals surface area contributed by atoms with Gasteiger partial charge in [-0.1, -0.05) is 42.5 Å². The Labute approximate surface area is 154 Å². The molecule has 134 valence electrons. The van der Waals surface area contributed by atoms with Gasteiger partial charge < -0.3 is 5.32 Å². The van der Waals surface area contributed by atoms with Gasteiger partial charge in [0.05, 0.1) is 12.1 Å². The maximum absolute atomic E-state index is 12.4. The number of aryl methyl sites for hydroxylation is 1. The summed E-state index contributed by atoms with van der Waals surface area (Å²) in [6, 6.07) is 20.8. The SMILES string of the molecule is Cn1nnn(-c2ccc(NC(=O)Cc3cccc4ccccc34)cc2)c1=O. The zero-order valence-electron chi connectivity index (χ0n) is 14.7. The largest absolute Gasteiger partial charge is 0.368 e. The van der Waals surface area contributed by atoms with Crippen LogP contribution < -0.4 is 11.0 Å². The van der Waals surface area contributed by atoms with E-state index in [9.17, 15) is 9.59 Å². The minimum absolute atomic E-state index is 0.101. The summed E-state index contributed by atoms with van der Waals surface area (Å²) in [5.41, 5.74) is 1.89. The maximum atomic E-state index is 12.4. The van der Waals surface area contributed by atoms with Crippen LogP contribution in [-0.2, 0) is 18.3 Å². The van der Waals surface area contributed by atoms with Gasteiger partial charge in [-0.3, -0.25) is 4.79 Å². The predicted octanol–water partition coefficient (Wildman–Crippen LogP) is 2.30. The Morgan fingerprint density at radius 3 is 2.44 bits per heavy atom. The van der Waals surface area contributed by atoms with E-state index in [1.165, 1.54) is 11.7 Å². The van der Waals surface area contributed by atoms with Crippen molar-refractivity contribution in [2.45, 2.75) is 6.42 Å². The highest BCUT2D eigenvalue weighted by Gasteiger charge is 2.09. The molecule has 1 aromatic heterocycles. The summed E-state index contributed by atoms with van der Waals surface area (Å²) in [4.78, 5) is 24.3. The number of aromatic nitrogens is 4. The van der Waals surface area contributed by atoms with Gasteiger partial charge in [-0.2, -0.15) is 9.36 Å². The van der Waals surface area contributed by atoms with E-state index >= 15 is 0 Å². The minimum Gasteiger partial charge on any atom is -0.326 e. The molecule has 4 aromatic rings. The number of hydrogen-bond donors (Lipinski definition) is 1. The van der Waals surface area contributed by atoms with E-state index in [0.717, 1.165) is 21.0 Å². The Morgan fingerprint density at radius 2 is 1.70 bits per heavy atom. The second-order valence-electron chi connectivity index (χ2n) is 6.21. The first-order chi connectivity index (χ1) is 13.1. The molecule has 0 aliphatic rings. The molecule has 0 atom stereocenters. The minimum atomic E-state index is -0.331. The Kier molecular flexibility index (Phi) is 4.25. The molecule has 3 aromatic carbocycles. The van der Waals surface area contributed by atoms with Gasteiger partial charge in [0.1, 0.15) is 0 Å². The van der Waals surface area contributed by atoms with Gasteiger partial charge >= 0.3 is 5.69 Å². The number of hydrogen-bond acceptors (Lipinski definition) is 4. The molecule has 0 unspecified atom stereocenters. The van der Waals surface area contributed by atoms with Gasteiger partial charge in [-0.15, -0.1) is 0 Å². The molecule has 7 nitrogen and oxygen atoms in total. The fourth-order valence-electron chi connectivity index (χ4n) is 2.99. The predicted molar refractivity (Wildman–Crippen MR) is 103 cm³/mol. The molecule has 0 saturated heterocycles. The van der Waals surface area contributed by atoms with Crippen LogP contribution in [0, 0.1) is 0 Å². The van der Waals surface area contributed by atoms with Gasteiger partial charge in [0.2, 0.25) is 5.91 Å². The summed E-state index contributed by atoms with van der Waals surface area (Å²) in [7, 11) is 1.54. The molecule has 4 rings (SSSR count). The molecule has 0 fully saturated rings. The van der Waals surface area contributed by atoms with E-state index in [-0.39, 0.29) is 18.0 Å². The molecule has 0 spiro atoms. The van der Waals surface area contributed by atoms with Crippen molar-refractivity contribution in [2.75, 3.05) is 5.32 Å². The standard InChI is InChI=1S/C20H17N5O2/c1-24-20(27)25(23-22-24)17-11-9-16(10-12-17)21-19(26)13-15-7-4-6-14-5-2-3-8-18(14)15/h2-12H,13H2,1H3,(H,21,26). The van der Waals surface area contributed by atoms with E-state index in [2.05, 4.69) is 15.7 Å². The quantitative estimate of drug-likeness (QED) is 0.606. The first-order valence-corrected chi connectivity index (χ1v) is 8.48. The van der Waals surface area contributed by atoms with Gasteiger partial charge in [-0.25, -0.2) is 4.79 Å². The van der Waals surface area contributed by atoms with Crippen LogP contribution in [0.15, 0.2) is 71.5 Å². The monoisotopic (exact) mass is 359 g/mol. The summed E-state index contributed by atoms with van der Waals surface area (Å²) < 4.78 is 2.35. The topological polar surface area (TPSA) is 81.8 Å². The zero-order valence-corrected chi connectivity index (χ0v) is 14.7. The third kappa shape index (κ3) is 3.35. The average molecular weight is 359 g/mol. The maximum Gasteiger partial charge on any atom is 0.368 e. The number of amides is 1. The Morgan fingerprint density at radius 1 is 0.963 bits per heavy atom. The summed E-state index contributed by atoms with van der Waals surface area (Å²) in [6.45, 7) is 0. The molecule has 0 radical (unpaired) electrons. The fourth-order valence-corrected chi connectivity index (χ4v) is 2.99. The molecule has 0 aliphatic carbocycles. The summed E-state index contributed by atoms with van der Waals surface area (Å²) in [6.07, 6.45) is 0.284. The van der Waals surface area contributed by atoms with E-state index in [0.29, 0.717) is 11.4 Å². The van der Waals surface area contributed by atoms with Crippen molar-refractivity contribution in [3.05, 3.63) is 82.8 Å². The zero-order chi connectivity index (χ0) is 18.8. The van der Waals surface area contributed by atoms with E-state index in [1.807, 2.05) is 42.5 Å². The average Bonchev–Trinajstić information content (AvgIpc) is 3.01. The number of tetrazole rings is 1. The summed E-state index contributed by atoms with van der Waals surface area (Å²) in [5, 5.41) is 12.5. The van der Waals surface area contributed by atoms with E-state index in [4.69, 9.17) is 0 Å². The van der Waals surface area contributed by atoms with Crippen LogP contribution in [-0.4, -0.2) is 25.7 Å². The number of carbonyl (C=O) groups is 1. The third-order valence-electron chi connectivity index (χ3n) is 4.35. The first-order valence-electron chi connectivity index (χ1n) is 8.48. The first kappa shape index (κ1) is 16.7. The number of benzene rings is 3. The van der Waals surface area contributed by atoms with Crippen molar-refractivity contribution >= 4 is 22.4 Å². The van der Waals surface area contributed by atoms with Crippen LogP contribution >= 0.6 is 0 Å². The third-order valence-corrected chi connectivity index (χ3v) is 4.35. The second kappa shape index (κ2) is 6.87. The molecule has 1 heterocycles. The lowest BCUT2D eigenvalue weighted by Crippen LogP contribution is -2.21. The van der Waals surface area contributed by atoms with Gasteiger partial charge in [0, 0.05) is 12.7 Å². The molecule has 7 heteroatoms. The Balaban J connectivity index is 1.50. The Hall–Kier alpha value is -3.74. The number of rotatable bonds is 4. The van der Waals surface area contributed by atoms with Crippen LogP contribution in [0.3, 0.4) is 0 Å². The highest BCUT2D eigenvalue weighted by Crippen LogP contribution is 2.19. The highest BCUT2D eigenvalue weighted by atomic mass is 16.2. The molecule has 27 heavy (non-hydrogen) atoms. The molecule has 0 bridgehead atoms. The van der Waals surface area contributed by atoms with Crippen molar-refractivity contribution in [3.8, 4) is 5.69 Å². The van der Waals surface area contributed by atoms with Crippen LogP contribution in [0.5, 0.6) is 0 Å². The normalized spacial score (nSPS) is 10.9. The van der Waals surface area contributed by atoms with Gasteiger partial charge in [0.25, 0.3) is 0 Å². The smallest absolute Gasteiger partial charge is 0.326 e. The fraction of sp³-hybridized carbons (Fsp3) is 0.100. The lowest BCUT2D eigenvalue weighted by Gasteiger charge is -2.08. The van der Waals surface area contributed by atoms with Crippen molar-refractivity contribution in [3.63, 3.8) is 0 Å². The summed E-state index contributed by atoms with van der Waals surface area (Å²) in [5.74, 6) is -0.101. The van der Waals surface area contributed by atoms with Crippen LogP contribution in [0.25, 0.3) is 16.5 Å². The van der Waals surface area contributed by atoms with E-state index < -0.39 is 0 Å². The van der Waals surface area contributed by atoms with Crippen LogP contribution in [0.4, 0.5) is 5.69 Å². The molecule has 1 amide bonds. The second-order valence-corrected chi connectivity index (χ2v) is 6.21. The van der Waals surface area contributed by atoms with E-state index in [1.54, 1.807) is 24.3 Å². The molecular formula is C20H17N5O2. The lowest BCUT2D eigenvalue weighted by atomic mass is 10.0. The van der Waals surface area contributed by atoms with Crippen molar-refractivity contribution in [1.82, 2.24) is 19.8 Å². The van der Waals surface area contributed by atoms with Crippen LogP contribution in [0.2, 0.25) is 0 Å². The van der Waals surface area contributed by atoms with Gasteiger partial charge in [-0.05, 0) is 51.0 Å². The molecule has 0 aliphatic heterocycles. The van der Waals surface area contributed by atoms with Gasteiger partial charge in [0.15, 0.2) is 0 Å². The molecule has 0 saturated carbocycles. The highest BCUT2D eigenvalue weighted by molar-refractivity contribution is 5.96. The van der Waals surface area contributed by atoms with Crippen molar-refractivity contribution < 1.29 is 4.79 Å². The Bertz CT molecular complexity index is 1170. The van der Waals surface area contributed by atoms with Crippen molar-refractivity contribution in [1.29, 1.82) is 0 Å². The lowest BCUT2D eigenvalue weighted by molar-refractivity contribution is -0.115. The summed E-state index contributed by atoms with van der Waals surface area (Å²) >= 11 is 0. The number of fused-ring (bicyclic) bond motifs is 1. The molecular weight excluding hydrogens is 342 g/mol. The molecule has 1 N–H and O–H groups in total. The van der Waals surface area contributed by atoms with Crippen LogP contribution in [0.1, 0.15) is 5.56 Å². The number of nitrogens with zero attached hydrogens (tertiary/aromatic N) is 4. The number of anilines is 1. The van der Waals surface area contributed by atoms with Crippen molar-refractivity contribution in [2.24, 2.45) is 7.05 Å².